The average molecular weight is 485 g/mol. The number of thiophene rings is 1. The van der Waals surface area contributed by atoms with Gasteiger partial charge in [-0.2, -0.15) is 13.2 Å². The van der Waals surface area contributed by atoms with Crippen molar-refractivity contribution >= 4 is 34.0 Å². The predicted octanol–water partition coefficient (Wildman–Crippen LogP) is 6.26. The molecule has 0 bridgehead atoms. The lowest BCUT2D eigenvalue weighted by Crippen LogP contribution is -2.35. The fourth-order valence-electron chi connectivity index (χ4n) is 4.16. The molecule has 9 heteroatoms. The Morgan fingerprint density at radius 3 is 2.47 bits per heavy atom. The number of nitrogens with zero attached hydrogens (tertiary/aromatic N) is 2. The van der Waals surface area contributed by atoms with Crippen LogP contribution >= 0.6 is 11.3 Å². The molecule has 1 aliphatic heterocycles. The van der Waals surface area contributed by atoms with E-state index in [0.29, 0.717) is 16.9 Å². The first-order valence-corrected chi connectivity index (χ1v) is 11.8. The Labute approximate surface area is 198 Å². The summed E-state index contributed by atoms with van der Waals surface area (Å²) in [6, 6.07) is 15.0. The molecule has 4 aromatic rings. The number of imidazole rings is 1. The zero-order valence-corrected chi connectivity index (χ0v) is 19.3. The largest absolute Gasteiger partial charge is 0.416 e. The molecule has 176 valence electrons. The van der Waals surface area contributed by atoms with Crippen molar-refractivity contribution in [2.24, 2.45) is 5.92 Å². The van der Waals surface area contributed by atoms with Gasteiger partial charge in [0.05, 0.1) is 21.5 Å². The van der Waals surface area contributed by atoms with Crippen LogP contribution in [0.4, 0.5) is 18.9 Å². The number of carbonyl (C=O) groups excluding carboxylic acids is 1. The van der Waals surface area contributed by atoms with Crippen LogP contribution in [0.2, 0.25) is 0 Å². The summed E-state index contributed by atoms with van der Waals surface area (Å²) in [7, 11) is 2.07. The van der Waals surface area contributed by atoms with Gasteiger partial charge >= 0.3 is 6.18 Å². The summed E-state index contributed by atoms with van der Waals surface area (Å²) >= 11 is 1.50. The van der Waals surface area contributed by atoms with Crippen molar-refractivity contribution in [3.05, 3.63) is 60.2 Å². The zero-order valence-electron chi connectivity index (χ0n) is 18.4. The monoisotopic (exact) mass is 484 g/mol. The molecular formula is C25H23F3N4OS. The van der Waals surface area contributed by atoms with E-state index in [1.807, 2.05) is 36.4 Å². The molecule has 2 aromatic heterocycles. The number of fused-ring (bicyclic) bond motifs is 1. The summed E-state index contributed by atoms with van der Waals surface area (Å²) in [6.07, 6.45) is -2.65. The smallest absolute Gasteiger partial charge is 0.337 e. The van der Waals surface area contributed by atoms with Gasteiger partial charge in [-0.1, -0.05) is 12.1 Å². The van der Waals surface area contributed by atoms with Gasteiger partial charge in [-0.15, -0.1) is 11.3 Å². The molecule has 0 radical (unpaired) electrons. The number of carbonyl (C=O) groups is 1. The summed E-state index contributed by atoms with van der Waals surface area (Å²) in [6.45, 7) is 1.87. The lowest BCUT2D eigenvalue weighted by molar-refractivity contribution is -0.137. The highest BCUT2D eigenvalue weighted by Crippen LogP contribution is 2.36. The van der Waals surface area contributed by atoms with E-state index >= 15 is 0 Å². The Morgan fingerprint density at radius 1 is 1.06 bits per heavy atom. The minimum atomic E-state index is -4.39. The molecule has 1 saturated heterocycles. The topological polar surface area (TPSA) is 61.0 Å². The van der Waals surface area contributed by atoms with Crippen molar-refractivity contribution in [2.75, 3.05) is 25.5 Å². The van der Waals surface area contributed by atoms with E-state index in [-0.39, 0.29) is 11.8 Å². The van der Waals surface area contributed by atoms with Crippen LogP contribution in [0.15, 0.2) is 54.6 Å². The highest BCUT2D eigenvalue weighted by molar-refractivity contribution is 7.18. The van der Waals surface area contributed by atoms with E-state index in [0.717, 1.165) is 59.1 Å². The number of amides is 1. The van der Waals surface area contributed by atoms with Gasteiger partial charge < -0.3 is 15.2 Å². The van der Waals surface area contributed by atoms with Crippen LogP contribution in [0.25, 0.3) is 32.2 Å². The minimum Gasteiger partial charge on any atom is -0.337 e. The van der Waals surface area contributed by atoms with Gasteiger partial charge in [0.15, 0.2) is 0 Å². The SMILES string of the molecule is CN1CCC(C(=O)Nc2ccc(-c3ccc(-c4nc5ccc(C(F)(F)F)cc5[nH]4)s3)cc2)CC1. The number of rotatable bonds is 4. The van der Waals surface area contributed by atoms with E-state index in [9.17, 15) is 18.0 Å². The number of benzene rings is 2. The molecule has 34 heavy (non-hydrogen) atoms. The number of anilines is 1. The van der Waals surface area contributed by atoms with Gasteiger partial charge in [-0.3, -0.25) is 4.79 Å². The van der Waals surface area contributed by atoms with Crippen molar-refractivity contribution in [3.8, 4) is 21.1 Å². The molecule has 1 amide bonds. The van der Waals surface area contributed by atoms with Crippen LogP contribution in [-0.4, -0.2) is 40.9 Å². The standard InChI is InChI=1S/C25H23F3N4OS/c1-32-12-10-16(11-13-32)24(33)29-18-5-2-15(3-6-18)21-8-9-22(34-21)23-30-19-7-4-17(25(26,27)28)14-20(19)31-23/h2-9,14,16H,10-13H2,1H3,(H,29,33)(H,30,31). The number of aromatic amines is 1. The van der Waals surface area contributed by atoms with Crippen molar-refractivity contribution in [2.45, 2.75) is 19.0 Å². The summed E-state index contributed by atoms with van der Waals surface area (Å²) in [4.78, 5) is 24.1. The van der Waals surface area contributed by atoms with Crippen LogP contribution in [-0.2, 0) is 11.0 Å². The van der Waals surface area contributed by atoms with Crippen LogP contribution in [0.5, 0.6) is 0 Å². The predicted molar refractivity (Wildman–Crippen MR) is 129 cm³/mol. The van der Waals surface area contributed by atoms with E-state index < -0.39 is 11.7 Å². The first kappa shape index (κ1) is 22.6. The molecule has 0 spiro atoms. The second-order valence-corrected chi connectivity index (χ2v) is 9.71. The highest BCUT2D eigenvalue weighted by atomic mass is 32.1. The molecule has 2 aromatic carbocycles. The van der Waals surface area contributed by atoms with Crippen LogP contribution in [0.3, 0.4) is 0 Å². The Hall–Kier alpha value is -3.17. The fourth-order valence-corrected chi connectivity index (χ4v) is 5.11. The number of likely N-dealkylation sites (tertiary alicyclic amines) is 1. The maximum atomic E-state index is 13.0. The molecule has 1 fully saturated rings. The van der Waals surface area contributed by atoms with Crippen molar-refractivity contribution in [3.63, 3.8) is 0 Å². The quantitative estimate of drug-likeness (QED) is 0.360. The number of hydrogen-bond donors (Lipinski definition) is 2. The van der Waals surface area contributed by atoms with Gasteiger partial charge in [0.1, 0.15) is 5.82 Å². The fraction of sp³-hybridized carbons (Fsp3) is 0.280. The highest BCUT2D eigenvalue weighted by Gasteiger charge is 2.30. The lowest BCUT2D eigenvalue weighted by Gasteiger charge is -2.28. The maximum Gasteiger partial charge on any atom is 0.416 e. The van der Waals surface area contributed by atoms with Gasteiger partial charge in [-0.25, -0.2) is 4.98 Å². The molecule has 1 aliphatic rings. The van der Waals surface area contributed by atoms with E-state index in [1.165, 1.54) is 17.4 Å². The number of alkyl halides is 3. The van der Waals surface area contributed by atoms with E-state index in [1.54, 1.807) is 0 Å². The second-order valence-electron chi connectivity index (χ2n) is 8.62. The molecule has 5 nitrogen and oxygen atoms in total. The third-order valence-electron chi connectivity index (χ3n) is 6.17. The van der Waals surface area contributed by atoms with Gasteiger partial charge in [0, 0.05) is 16.5 Å². The molecule has 3 heterocycles. The molecular weight excluding hydrogens is 461 g/mol. The number of aromatic nitrogens is 2. The van der Waals surface area contributed by atoms with E-state index in [4.69, 9.17) is 0 Å². The Morgan fingerprint density at radius 2 is 1.76 bits per heavy atom. The summed E-state index contributed by atoms with van der Waals surface area (Å²) in [5.74, 6) is 0.650. The minimum absolute atomic E-state index is 0.0479. The third kappa shape index (κ3) is 4.71. The summed E-state index contributed by atoms with van der Waals surface area (Å²) < 4.78 is 39.0. The first-order chi connectivity index (χ1) is 16.3. The summed E-state index contributed by atoms with van der Waals surface area (Å²) in [5.41, 5.74) is 1.89. The van der Waals surface area contributed by atoms with Crippen molar-refractivity contribution in [1.82, 2.24) is 14.9 Å². The Bertz CT molecular complexity index is 1320. The molecule has 2 N–H and O–H groups in total. The van der Waals surface area contributed by atoms with Gasteiger partial charge in [0.2, 0.25) is 5.91 Å². The number of halogens is 3. The number of piperidine rings is 1. The zero-order chi connectivity index (χ0) is 23.9. The molecule has 5 rings (SSSR count). The lowest BCUT2D eigenvalue weighted by atomic mass is 9.96. The van der Waals surface area contributed by atoms with Gasteiger partial charge in [-0.05, 0) is 81.0 Å². The average Bonchev–Trinajstić information content (AvgIpc) is 3.46. The molecule has 0 aliphatic carbocycles. The van der Waals surface area contributed by atoms with Crippen LogP contribution < -0.4 is 5.32 Å². The molecule has 0 saturated carbocycles. The maximum absolute atomic E-state index is 13.0. The number of nitrogens with one attached hydrogen (secondary N) is 2. The molecule has 0 unspecified atom stereocenters. The second kappa shape index (κ2) is 8.88. The van der Waals surface area contributed by atoms with Gasteiger partial charge in [0.25, 0.3) is 0 Å². The third-order valence-corrected chi connectivity index (χ3v) is 7.32. The van der Waals surface area contributed by atoms with Crippen molar-refractivity contribution < 1.29 is 18.0 Å². The Balaban J connectivity index is 1.29. The van der Waals surface area contributed by atoms with Crippen molar-refractivity contribution in [1.29, 1.82) is 0 Å². The van der Waals surface area contributed by atoms with Crippen LogP contribution in [0, 0.1) is 5.92 Å². The number of hydrogen-bond acceptors (Lipinski definition) is 4. The Kier molecular flexibility index (Phi) is 5.91. The van der Waals surface area contributed by atoms with Crippen LogP contribution in [0.1, 0.15) is 18.4 Å². The first-order valence-electron chi connectivity index (χ1n) is 11.0. The van der Waals surface area contributed by atoms with E-state index in [2.05, 4.69) is 27.2 Å². The normalized spacial score (nSPS) is 15.6. The number of H-pyrrole nitrogens is 1. The summed E-state index contributed by atoms with van der Waals surface area (Å²) in [5, 5.41) is 3.02. The molecule has 0 atom stereocenters.